The Bertz CT molecular complexity index is 371. The monoisotopic (exact) mass is 267 g/mol. The summed E-state index contributed by atoms with van der Waals surface area (Å²) in [5.41, 5.74) is 7.14. The third kappa shape index (κ3) is 6.20. The molecule has 0 saturated carbocycles. The van der Waals surface area contributed by atoms with E-state index >= 15 is 0 Å². The topological polar surface area (TPSA) is 69.2 Å². The van der Waals surface area contributed by atoms with Crippen LogP contribution in [0.15, 0.2) is 33.7 Å². The van der Waals surface area contributed by atoms with Crippen molar-refractivity contribution in [3.8, 4) is 0 Å². The lowest BCUT2D eigenvalue weighted by atomic mass is 10.1. The Morgan fingerprint density at radius 1 is 1.58 bits per heavy atom. The highest BCUT2D eigenvalue weighted by molar-refractivity contribution is 5.87. The van der Waals surface area contributed by atoms with Crippen LogP contribution in [-0.4, -0.2) is 31.9 Å². The number of methoxy groups -OCH3 is 1. The van der Waals surface area contributed by atoms with Crippen LogP contribution < -0.4 is 5.73 Å². The zero-order chi connectivity index (χ0) is 14.7. The second-order valence-corrected chi connectivity index (χ2v) is 3.79. The van der Waals surface area contributed by atoms with E-state index in [0.29, 0.717) is 12.5 Å². The van der Waals surface area contributed by atoms with Crippen LogP contribution in [0.25, 0.3) is 0 Å². The van der Waals surface area contributed by atoms with Gasteiger partial charge in [0.25, 0.3) is 0 Å². The van der Waals surface area contributed by atoms with Crippen molar-refractivity contribution in [3.05, 3.63) is 23.7 Å². The molecule has 19 heavy (non-hydrogen) atoms. The quantitative estimate of drug-likeness (QED) is 0.473. The predicted molar refractivity (Wildman–Crippen MR) is 80.3 cm³/mol. The number of nitrogens with two attached hydrogens (primary N) is 1. The van der Waals surface area contributed by atoms with Gasteiger partial charge in [0.2, 0.25) is 5.88 Å². The molecule has 0 saturated heterocycles. The molecule has 5 nitrogen and oxygen atoms in total. The molecule has 1 aliphatic heterocycles. The van der Waals surface area contributed by atoms with E-state index in [-0.39, 0.29) is 6.10 Å². The van der Waals surface area contributed by atoms with Gasteiger partial charge in [-0.3, -0.25) is 4.99 Å². The zero-order valence-corrected chi connectivity index (χ0v) is 12.5. The van der Waals surface area contributed by atoms with E-state index in [1.807, 2.05) is 33.8 Å². The van der Waals surface area contributed by atoms with E-state index in [1.54, 1.807) is 13.3 Å². The Hall–Kier alpha value is -1.62. The van der Waals surface area contributed by atoms with Crippen molar-refractivity contribution < 1.29 is 9.47 Å². The SMILES string of the molecule is CC.COC/C(C)=C(\N=C/N)OC1CC=CN=C1C. The van der Waals surface area contributed by atoms with Crippen LogP contribution in [0.1, 0.15) is 34.1 Å². The lowest BCUT2D eigenvalue weighted by Crippen LogP contribution is -2.23. The maximum Gasteiger partial charge on any atom is 0.216 e. The van der Waals surface area contributed by atoms with Gasteiger partial charge in [-0.25, -0.2) is 4.99 Å². The molecule has 2 N–H and O–H groups in total. The van der Waals surface area contributed by atoms with Crippen molar-refractivity contribution in [2.24, 2.45) is 15.7 Å². The molecule has 0 aromatic carbocycles. The van der Waals surface area contributed by atoms with Crippen molar-refractivity contribution in [1.82, 2.24) is 0 Å². The van der Waals surface area contributed by atoms with Crippen molar-refractivity contribution in [2.75, 3.05) is 13.7 Å². The van der Waals surface area contributed by atoms with Gasteiger partial charge in [-0.15, -0.1) is 0 Å². The van der Waals surface area contributed by atoms with Gasteiger partial charge in [0, 0.05) is 25.3 Å². The highest BCUT2D eigenvalue weighted by Crippen LogP contribution is 2.16. The fraction of sp³-hybridized carbons (Fsp3) is 0.571. The fourth-order valence-electron chi connectivity index (χ4n) is 1.46. The minimum atomic E-state index is -0.0782. The molecule has 0 bridgehead atoms. The summed E-state index contributed by atoms with van der Waals surface area (Å²) in [4.78, 5) is 8.23. The van der Waals surface area contributed by atoms with Crippen LogP contribution in [0.3, 0.4) is 0 Å². The summed E-state index contributed by atoms with van der Waals surface area (Å²) in [6.45, 7) is 8.30. The van der Waals surface area contributed by atoms with E-state index in [9.17, 15) is 0 Å². The van der Waals surface area contributed by atoms with Crippen molar-refractivity contribution in [3.63, 3.8) is 0 Å². The molecule has 5 heteroatoms. The number of hydrogen-bond acceptors (Lipinski definition) is 4. The van der Waals surface area contributed by atoms with Gasteiger partial charge in [0.05, 0.1) is 18.7 Å². The summed E-state index contributed by atoms with van der Waals surface area (Å²) < 4.78 is 10.8. The van der Waals surface area contributed by atoms with Crippen LogP contribution in [0.5, 0.6) is 0 Å². The lowest BCUT2D eigenvalue weighted by molar-refractivity contribution is 0.156. The minimum Gasteiger partial charge on any atom is -0.468 e. The Balaban J connectivity index is 0.00000154. The Morgan fingerprint density at radius 3 is 2.79 bits per heavy atom. The number of nitrogens with zero attached hydrogens (tertiary/aromatic N) is 2. The molecule has 0 aliphatic carbocycles. The molecule has 1 heterocycles. The first-order chi connectivity index (χ1) is 9.19. The summed E-state index contributed by atoms with van der Waals surface area (Å²) >= 11 is 0. The largest absolute Gasteiger partial charge is 0.468 e. The molecule has 1 aliphatic rings. The molecule has 0 amide bonds. The zero-order valence-electron chi connectivity index (χ0n) is 12.5. The van der Waals surface area contributed by atoms with Crippen LogP contribution in [-0.2, 0) is 9.47 Å². The molecule has 1 rings (SSSR count). The van der Waals surface area contributed by atoms with E-state index in [2.05, 4.69) is 9.98 Å². The number of ether oxygens (including phenoxy) is 2. The van der Waals surface area contributed by atoms with E-state index in [0.717, 1.165) is 17.7 Å². The summed E-state index contributed by atoms with van der Waals surface area (Å²) in [7, 11) is 1.63. The Kier molecular flexibility index (Phi) is 9.44. The molecule has 108 valence electrons. The standard InChI is InChI=1S/C12H19N3O2.C2H6/c1-9(7-16-3)12(15-8-13)17-11-5-4-6-14-10(11)2;1-2/h4,6,8,11H,5,7H2,1-3H3,(H2,13,15);1-2H3/b12-9+;. The van der Waals surface area contributed by atoms with Crippen LogP contribution in [0.4, 0.5) is 0 Å². The molecular formula is C14H25N3O2. The molecule has 0 fully saturated rings. The molecule has 0 spiro atoms. The Morgan fingerprint density at radius 2 is 2.26 bits per heavy atom. The van der Waals surface area contributed by atoms with E-state index in [4.69, 9.17) is 15.2 Å². The van der Waals surface area contributed by atoms with Crippen molar-refractivity contribution >= 4 is 12.1 Å². The van der Waals surface area contributed by atoms with Gasteiger partial charge in [-0.2, -0.15) is 0 Å². The number of aliphatic imine (C=N–C) groups is 2. The van der Waals surface area contributed by atoms with Gasteiger partial charge in [-0.1, -0.05) is 19.9 Å². The number of hydrogen-bond donors (Lipinski definition) is 1. The summed E-state index contributed by atoms with van der Waals surface area (Å²) in [5.74, 6) is 0.504. The Labute approximate surface area is 115 Å². The van der Waals surface area contributed by atoms with Gasteiger partial charge in [-0.05, 0) is 13.8 Å². The molecule has 0 aromatic heterocycles. The van der Waals surface area contributed by atoms with Crippen LogP contribution in [0.2, 0.25) is 0 Å². The van der Waals surface area contributed by atoms with E-state index in [1.165, 1.54) is 6.34 Å². The fourth-order valence-corrected chi connectivity index (χ4v) is 1.46. The maximum absolute atomic E-state index is 5.80. The third-order valence-corrected chi connectivity index (χ3v) is 2.37. The van der Waals surface area contributed by atoms with Crippen molar-refractivity contribution in [1.29, 1.82) is 0 Å². The molecule has 1 atom stereocenters. The number of rotatable bonds is 5. The normalized spacial score (nSPS) is 19.4. The van der Waals surface area contributed by atoms with Crippen LogP contribution >= 0.6 is 0 Å². The molecule has 0 radical (unpaired) electrons. The molecule has 1 unspecified atom stereocenters. The molecular weight excluding hydrogens is 242 g/mol. The summed E-state index contributed by atoms with van der Waals surface area (Å²) in [6, 6.07) is 0. The average molecular weight is 267 g/mol. The average Bonchev–Trinajstić information content (AvgIpc) is 2.43. The lowest BCUT2D eigenvalue weighted by Gasteiger charge is -2.20. The summed E-state index contributed by atoms with van der Waals surface area (Å²) in [5, 5.41) is 0. The third-order valence-electron chi connectivity index (χ3n) is 2.37. The smallest absolute Gasteiger partial charge is 0.216 e. The maximum atomic E-state index is 5.80. The first-order valence-corrected chi connectivity index (χ1v) is 6.48. The first-order valence-electron chi connectivity index (χ1n) is 6.48. The molecule has 0 aromatic rings. The van der Waals surface area contributed by atoms with Gasteiger partial charge >= 0.3 is 0 Å². The second kappa shape index (κ2) is 10.3. The highest BCUT2D eigenvalue weighted by atomic mass is 16.5. The van der Waals surface area contributed by atoms with Gasteiger partial charge < -0.3 is 15.2 Å². The summed E-state index contributed by atoms with van der Waals surface area (Å²) in [6.07, 6.45) is 5.68. The van der Waals surface area contributed by atoms with Crippen LogP contribution in [0, 0.1) is 0 Å². The second-order valence-electron chi connectivity index (χ2n) is 3.79. The van der Waals surface area contributed by atoms with E-state index < -0.39 is 0 Å². The van der Waals surface area contributed by atoms with Gasteiger partial charge in [0.1, 0.15) is 6.10 Å². The highest BCUT2D eigenvalue weighted by Gasteiger charge is 2.17. The van der Waals surface area contributed by atoms with Gasteiger partial charge in [0.15, 0.2) is 0 Å². The first kappa shape index (κ1) is 17.4. The van der Waals surface area contributed by atoms with Crippen molar-refractivity contribution in [2.45, 2.75) is 40.2 Å². The predicted octanol–water partition coefficient (Wildman–Crippen LogP) is 2.64. The minimum absolute atomic E-state index is 0.0782.